The van der Waals surface area contributed by atoms with E-state index in [1.165, 1.54) is 22.5 Å². The number of hydrogen-bond donors (Lipinski definition) is 1. The number of halogens is 1. The van der Waals surface area contributed by atoms with Gasteiger partial charge in [0.25, 0.3) is 5.91 Å². The molecular formula is C20H22FN3O5S. The van der Waals surface area contributed by atoms with Crippen LogP contribution in [-0.4, -0.2) is 62.4 Å². The van der Waals surface area contributed by atoms with E-state index in [0.717, 1.165) is 6.07 Å². The molecule has 0 aromatic heterocycles. The Balaban J connectivity index is 1.60. The maximum Gasteiger partial charge on any atom is 0.411 e. The van der Waals surface area contributed by atoms with Gasteiger partial charge in [0.1, 0.15) is 5.82 Å². The minimum Gasteiger partial charge on any atom is -0.450 e. The molecule has 2 aromatic rings. The Morgan fingerprint density at radius 2 is 1.73 bits per heavy atom. The van der Waals surface area contributed by atoms with E-state index in [1.54, 1.807) is 36.1 Å². The number of piperazine rings is 1. The summed E-state index contributed by atoms with van der Waals surface area (Å²) in [5, 5.41) is 2.54. The maximum absolute atomic E-state index is 13.4. The summed E-state index contributed by atoms with van der Waals surface area (Å²) in [4.78, 5) is 25.6. The topological polar surface area (TPSA) is 96.0 Å². The van der Waals surface area contributed by atoms with Crippen molar-refractivity contribution in [3.05, 3.63) is 59.9 Å². The fourth-order valence-corrected chi connectivity index (χ4v) is 4.53. The Morgan fingerprint density at radius 3 is 2.33 bits per heavy atom. The van der Waals surface area contributed by atoms with E-state index in [0.29, 0.717) is 11.3 Å². The molecule has 0 unspecified atom stereocenters. The van der Waals surface area contributed by atoms with E-state index in [1.807, 2.05) is 0 Å². The number of amides is 2. The zero-order valence-electron chi connectivity index (χ0n) is 16.4. The van der Waals surface area contributed by atoms with Crippen LogP contribution in [0.25, 0.3) is 0 Å². The molecule has 160 valence electrons. The van der Waals surface area contributed by atoms with Gasteiger partial charge in [-0.05, 0) is 49.4 Å². The second kappa shape index (κ2) is 9.23. The molecule has 0 saturated carbocycles. The van der Waals surface area contributed by atoms with Gasteiger partial charge < -0.3 is 9.64 Å². The molecule has 3 rings (SSSR count). The van der Waals surface area contributed by atoms with Crippen LogP contribution in [0.4, 0.5) is 14.9 Å². The molecule has 1 heterocycles. The van der Waals surface area contributed by atoms with Crippen LogP contribution in [0.2, 0.25) is 0 Å². The van der Waals surface area contributed by atoms with Crippen LogP contribution in [-0.2, 0) is 14.8 Å². The highest BCUT2D eigenvalue weighted by Crippen LogP contribution is 2.20. The van der Waals surface area contributed by atoms with E-state index in [9.17, 15) is 22.4 Å². The lowest BCUT2D eigenvalue weighted by Gasteiger charge is -2.34. The number of carbonyl (C=O) groups is 2. The number of anilines is 1. The van der Waals surface area contributed by atoms with E-state index < -0.39 is 21.9 Å². The summed E-state index contributed by atoms with van der Waals surface area (Å²) in [7, 11) is -3.82. The molecule has 0 bridgehead atoms. The van der Waals surface area contributed by atoms with Crippen molar-refractivity contribution in [2.24, 2.45) is 0 Å². The van der Waals surface area contributed by atoms with Gasteiger partial charge in [0, 0.05) is 37.4 Å². The van der Waals surface area contributed by atoms with Crippen molar-refractivity contribution in [3.63, 3.8) is 0 Å². The molecular weight excluding hydrogens is 413 g/mol. The van der Waals surface area contributed by atoms with Gasteiger partial charge in [-0.25, -0.2) is 17.6 Å². The van der Waals surface area contributed by atoms with Crippen molar-refractivity contribution in [1.29, 1.82) is 0 Å². The molecule has 0 radical (unpaired) electrons. The highest BCUT2D eigenvalue weighted by atomic mass is 32.2. The lowest BCUT2D eigenvalue weighted by molar-refractivity contribution is 0.0698. The molecule has 0 aliphatic carbocycles. The van der Waals surface area contributed by atoms with E-state index in [2.05, 4.69) is 5.32 Å². The Morgan fingerprint density at radius 1 is 1.07 bits per heavy atom. The second-order valence-electron chi connectivity index (χ2n) is 6.58. The molecule has 30 heavy (non-hydrogen) atoms. The zero-order valence-corrected chi connectivity index (χ0v) is 17.2. The summed E-state index contributed by atoms with van der Waals surface area (Å²) < 4.78 is 44.8. The van der Waals surface area contributed by atoms with Crippen molar-refractivity contribution < 1.29 is 27.1 Å². The monoisotopic (exact) mass is 435 g/mol. The predicted molar refractivity (Wildman–Crippen MR) is 108 cm³/mol. The van der Waals surface area contributed by atoms with Crippen molar-refractivity contribution in [1.82, 2.24) is 9.21 Å². The molecule has 0 atom stereocenters. The first kappa shape index (κ1) is 21.7. The van der Waals surface area contributed by atoms with Crippen LogP contribution in [0.3, 0.4) is 0 Å². The summed E-state index contributed by atoms with van der Waals surface area (Å²) in [6, 6.07) is 11.2. The Labute approximate surface area is 174 Å². The van der Waals surface area contributed by atoms with E-state index in [4.69, 9.17) is 4.74 Å². The first-order valence-corrected chi connectivity index (χ1v) is 10.8. The van der Waals surface area contributed by atoms with Gasteiger partial charge in [-0.1, -0.05) is 6.07 Å². The number of ether oxygens (including phenoxy) is 1. The largest absolute Gasteiger partial charge is 0.450 e. The van der Waals surface area contributed by atoms with Gasteiger partial charge in [-0.2, -0.15) is 4.31 Å². The first-order chi connectivity index (χ1) is 14.3. The molecule has 2 aromatic carbocycles. The third-order valence-electron chi connectivity index (χ3n) is 4.61. The highest BCUT2D eigenvalue weighted by Gasteiger charge is 2.30. The van der Waals surface area contributed by atoms with Crippen LogP contribution in [0.1, 0.15) is 17.3 Å². The molecule has 1 N–H and O–H groups in total. The Bertz CT molecular complexity index is 1020. The molecule has 0 spiro atoms. The van der Waals surface area contributed by atoms with Crippen molar-refractivity contribution in [2.75, 3.05) is 38.1 Å². The predicted octanol–water partition coefficient (Wildman–Crippen LogP) is 2.54. The average molecular weight is 435 g/mol. The summed E-state index contributed by atoms with van der Waals surface area (Å²) in [5.74, 6) is -0.855. The van der Waals surface area contributed by atoms with Gasteiger partial charge in [0.15, 0.2) is 0 Å². The molecule has 10 heteroatoms. The fourth-order valence-electron chi connectivity index (χ4n) is 3.07. The summed E-state index contributed by atoms with van der Waals surface area (Å²) >= 11 is 0. The van der Waals surface area contributed by atoms with Gasteiger partial charge in [0.2, 0.25) is 10.0 Å². The third kappa shape index (κ3) is 4.95. The lowest BCUT2D eigenvalue weighted by Crippen LogP contribution is -2.50. The summed E-state index contributed by atoms with van der Waals surface area (Å²) in [5.41, 5.74) is 0.918. The number of benzene rings is 2. The van der Waals surface area contributed by atoms with E-state index >= 15 is 0 Å². The Kier molecular flexibility index (Phi) is 6.68. The smallest absolute Gasteiger partial charge is 0.411 e. The second-order valence-corrected chi connectivity index (χ2v) is 8.51. The first-order valence-electron chi connectivity index (χ1n) is 9.40. The molecule has 1 saturated heterocycles. The van der Waals surface area contributed by atoms with Crippen LogP contribution in [0, 0.1) is 5.82 Å². The van der Waals surface area contributed by atoms with Crippen molar-refractivity contribution >= 4 is 27.7 Å². The van der Waals surface area contributed by atoms with Crippen LogP contribution in [0.15, 0.2) is 53.4 Å². The van der Waals surface area contributed by atoms with Crippen LogP contribution < -0.4 is 5.32 Å². The fraction of sp³-hybridized carbons (Fsp3) is 0.300. The number of rotatable bonds is 5. The van der Waals surface area contributed by atoms with Crippen molar-refractivity contribution in [3.8, 4) is 0 Å². The van der Waals surface area contributed by atoms with E-state index in [-0.39, 0.29) is 43.6 Å². The average Bonchev–Trinajstić information content (AvgIpc) is 2.74. The maximum atomic E-state index is 13.4. The van der Waals surface area contributed by atoms with Gasteiger partial charge >= 0.3 is 6.09 Å². The molecule has 1 aliphatic heterocycles. The number of carbonyl (C=O) groups excluding carboxylic acids is 2. The lowest BCUT2D eigenvalue weighted by atomic mass is 10.1. The minimum absolute atomic E-state index is 0.105. The summed E-state index contributed by atoms with van der Waals surface area (Å²) in [6.07, 6.45) is -0.577. The van der Waals surface area contributed by atoms with Gasteiger partial charge in [-0.3, -0.25) is 10.1 Å². The number of nitrogens with zero attached hydrogens (tertiary/aromatic N) is 2. The van der Waals surface area contributed by atoms with Gasteiger partial charge in [0.05, 0.1) is 11.5 Å². The minimum atomic E-state index is -3.82. The molecule has 1 aliphatic rings. The number of nitrogens with one attached hydrogen (secondary N) is 1. The SMILES string of the molecule is CCOC(=O)Nc1ccc(C(=O)N2CCN(S(=O)(=O)c3cccc(F)c3)CC2)cc1. The number of sulfonamides is 1. The van der Waals surface area contributed by atoms with Gasteiger partial charge in [-0.15, -0.1) is 0 Å². The highest BCUT2D eigenvalue weighted by molar-refractivity contribution is 7.89. The Hall–Kier alpha value is -2.98. The molecule has 8 nitrogen and oxygen atoms in total. The van der Waals surface area contributed by atoms with Crippen LogP contribution in [0.5, 0.6) is 0 Å². The van der Waals surface area contributed by atoms with Crippen molar-refractivity contribution in [2.45, 2.75) is 11.8 Å². The molecule has 1 fully saturated rings. The zero-order chi connectivity index (χ0) is 21.7. The quantitative estimate of drug-likeness (QED) is 0.779. The summed E-state index contributed by atoms with van der Waals surface area (Å²) in [6.45, 7) is 2.63. The normalized spacial score (nSPS) is 14.9. The van der Waals surface area contributed by atoms with Crippen LogP contribution >= 0.6 is 0 Å². The molecule has 2 amide bonds. The number of hydrogen-bond acceptors (Lipinski definition) is 5. The third-order valence-corrected chi connectivity index (χ3v) is 6.51. The standard InChI is InChI=1S/C20H22FN3O5S/c1-2-29-20(26)22-17-8-6-15(7-9-17)19(25)23-10-12-24(13-11-23)30(27,28)18-5-3-4-16(21)14-18/h3-9,14H,2,10-13H2,1H3,(H,22,26).